The molecule has 0 radical (unpaired) electrons. The van der Waals surface area contributed by atoms with Gasteiger partial charge in [0.1, 0.15) is 11.5 Å². The zero-order chi connectivity index (χ0) is 14.3. The Labute approximate surface area is 114 Å². The maximum atomic E-state index is 13.3. The van der Waals surface area contributed by atoms with Gasteiger partial charge in [-0.1, -0.05) is 11.6 Å². The van der Waals surface area contributed by atoms with Crippen LogP contribution in [-0.4, -0.2) is 38.4 Å². The largest absolute Gasteiger partial charge is 0.382 e. The number of nitrogens with one attached hydrogen (secondary N) is 1. The molecule has 0 saturated heterocycles. The molecule has 0 atom stereocenters. The van der Waals surface area contributed by atoms with Crippen LogP contribution in [0.25, 0.3) is 0 Å². The third-order valence-corrected chi connectivity index (χ3v) is 2.52. The Morgan fingerprint density at radius 1 is 1.42 bits per heavy atom. The topological polar surface area (TPSA) is 73.6 Å². The summed E-state index contributed by atoms with van der Waals surface area (Å²) in [4.78, 5) is 10.2. The molecule has 106 valence electrons. The van der Waals surface area contributed by atoms with Crippen molar-refractivity contribution in [1.82, 2.24) is 0 Å². The Morgan fingerprint density at radius 2 is 2.16 bits per heavy atom. The number of hydrogen-bond donors (Lipinski definition) is 1. The highest BCUT2D eigenvalue weighted by Gasteiger charge is 2.17. The molecule has 0 bridgehead atoms. The number of anilines is 1. The molecule has 1 rings (SSSR count). The first-order valence-corrected chi connectivity index (χ1v) is 5.88. The van der Waals surface area contributed by atoms with Gasteiger partial charge in [0.2, 0.25) is 0 Å². The second-order valence-electron chi connectivity index (χ2n) is 3.57. The van der Waals surface area contributed by atoms with Gasteiger partial charge in [-0.2, -0.15) is 0 Å². The Kier molecular flexibility index (Phi) is 6.48. The van der Waals surface area contributed by atoms with Gasteiger partial charge in [0, 0.05) is 25.8 Å². The number of nitrogens with zero attached hydrogens (tertiary/aromatic N) is 1. The summed E-state index contributed by atoms with van der Waals surface area (Å²) in [6.07, 6.45) is 0. The minimum atomic E-state index is -0.713. The summed E-state index contributed by atoms with van der Waals surface area (Å²) in [5.74, 6) is -0.713. The van der Waals surface area contributed by atoms with Crippen LogP contribution < -0.4 is 5.32 Å². The molecular weight excluding hydrogens is 279 g/mol. The Hall–Kier alpha value is -1.44. The van der Waals surface area contributed by atoms with Crippen LogP contribution in [-0.2, 0) is 9.47 Å². The van der Waals surface area contributed by atoms with Gasteiger partial charge in [-0.05, 0) is 0 Å². The van der Waals surface area contributed by atoms with E-state index in [1.54, 1.807) is 7.11 Å². The number of benzene rings is 1. The summed E-state index contributed by atoms with van der Waals surface area (Å²) in [5.41, 5.74) is -0.203. The van der Waals surface area contributed by atoms with Gasteiger partial charge < -0.3 is 14.8 Å². The lowest BCUT2D eigenvalue weighted by atomic mass is 10.2. The SMILES string of the molecule is COCCOCCNc1cc(F)c(Cl)cc1[N+](=O)[O-]. The Bertz CT molecular complexity index is 445. The number of nitro groups is 1. The van der Waals surface area contributed by atoms with Crippen LogP contribution in [0, 0.1) is 15.9 Å². The average molecular weight is 293 g/mol. The van der Waals surface area contributed by atoms with E-state index in [1.165, 1.54) is 0 Å². The lowest BCUT2D eigenvalue weighted by molar-refractivity contribution is -0.384. The minimum Gasteiger partial charge on any atom is -0.382 e. The molecule has 1 aromatic carbocycles. The molecule has 19 heavy (non-hydrogen) atoms. The number of nitro benzene ring substituents is 1. The van der Waals surface area contributed by atoms with Crippen LogP contribution in [0.5, 0.6) is 0 Å². The van der Waals surface area contributed by atoms with Crippen molar-refractivity contribution in [2.75, 3.05) is 38.8 Å². The molecule has 0 unspecified atom stereocenters. The first-order chi connectivity index (χ1) is 9.06. The summed E-state index contributed by atoms with van der Waals surface area (Å²) in [6, 6.07) is 1.97. The maximum absolute atomic E-state index is 13.3. The predicted molar refractivity (Wildman–Crippen MR) is 69.2 cm³/mol. The van der Waals surface area contributed by atoms with Gasteiger partial charge in [0.05, 0.1) is 29.8 Å². The van der Waals surface area contributed by atoms with Gasteiger partial charge in [-0.15, -0.1) is 0 Å². The van der Waals surface area contributed by atoms with Gasteiger partial charge in [-0.3, -0.25) is 10.1 Å². The molecule has 0 aliphatic heterocycles. The van der Waals surface area contributed by atoms with Gasteiger partial charge >= 0.3 is 0 Å². The molecule has 0 aliphatic rings. The third kappa shape index (κ3) is 4.98. The van der Waals surface area contributed by atoms with E-state index in [4.69, 9.17) is 21.1 Å². The molecule has 6 nitrogen and oxygen atoms in total. The monoisotopic (exact) mass is 292 g/mol. The smallest absolute Gasteiger partial charge is 0.294 e. The summed E-state index contributed by atoms with van der Waals surface area (Å²) in [6.45, 7) is 1.53. The summed E-state index contributed by atoms with van der Waals surface area (Å²) in [5, 5.41) is 13.2. The molecule has 0 spiro atoms. The third-order valence-electron chi connectivity index (χ3n) is 2.23. The zero-order valence-electron chi connectivity index (χ0n) is 10.3. The first kappa shape index (κ1) is 15.6. The Morgan fingerprint density at radius 3 is 2.79 bits per heavy atom. The van der Waals surface area contributed by atoms with Crippen molar-refractivity contribution in [3.8, 4) is 0 Å². The standard InChI is InChI=1S/C11H14ClFN2O4/c1-18-4-5-19-3-2-14-10-7-9(13)8(12)6-11(10)15(16)17/h6-7,14H,2-5H2,1H3. The van der Waals surface area contributed by atoms with Crippen molar-refractivity contribution >= 4 is 23.0 Å². The second kappa shape index (κ2) is 7.88. The highest BCUT2D eigenvalue weighted by atomic mass is 35.5. The number of halogens is 2. The second-order valence-corrected chi connectivity index (χ2v) is 3.98. The van der Waals surface area contributed by atoms with E-state index >= 15 is 0 Å². The number of methoxy groups -OCH3 is 1. The molecule has 0 amide bonds. The predicted octanol–water partition coefficient (Wildman–Crippen LogP) is 2.46. The van der Waals surface area contributed by atoms with Crippen molar-refractivity contribution in [2.45, 2.75) is 0 Å². The first-order valence-electron chi connectivity index (χ1n) is 5.50. The van der Waals surface area contributed by atoms with E-state index in [2.05, 4.69) is 5.32 Å². The van der Waals surface area contributed by atoms with E-state index in [1.807, 2.05) is 0 Å². The lowest BCUT2D eigenvalue weighted by Gasteiger charge is -2.08. The maximum Gasteiger partial charge on any atom is 0.294 e. The molecule has 0 heterocycles. The summed E-state index contributed by atoms with van der Waals surface area (Å²) >= 11 is 5.50. The van der Waals surface area contributed by atoms with Crippen molar-refractivity contribution in [3.05, 3.63) is 33.1 Å². The number of ether oxygens (including phenoxy) is 2. The van der Waals surface area contributed by atoms with Crippen molar-refractivity contribution in [2.24, 2.45) is 0 Å². The average Bonchev–Trinajstić information content (AvgIpc) is 2.37. The number of rotatable bonds is 8. The minimum absolute atomic E-state index is 0.0715. The molecule has 8 heteroatoms. The highest BCUT2D eigenvalue weighted by molar-refractivity contribution is 6.31. The molecule has 0 saturated carbocycles. The van der Waals surface area contributed by atoms with Gasteiger partial charge in [-0.25, -0.2) is 4.39 Å². The quantitative estimate of drug-likeness (QED) is 0.452. The molecule has 1 aromatic rings. The number of hydrogen-bond acceptors (Lipinski definition) is 5. The lowest BCUT2D eigenvalue weighted by Crippen LogP contribution is -2.13. The van der Waals surface area contributed by atoms with Crippen LogP contribution in [0.4, 0.5) is 15.8 Å². The highest BCUT2D eigenvalue weighted by Crippen LogP contribution is 2.30. The molecule has 1 N–H and O–H groups in total. The van der Waals surface area contributed by atoms with E-state index in [-0.39, 0.29) is 16.4 Å². The van der Waals surface area contributed by atoms with Crippen molar-refractivity contribution in [3.63, 3.8) is 0 Å². The van der Waals surface area contributed by atoms with E-state index in [0.29, 0.717) is 26.4 Å². The van der Waals surface area contributed by atoms with Crippen LogP contribution in [0.3, 0.4) is 0 Å². The normalized spacial score (nSPS) is 10.5. The van der Waals surface area contributed by atoms with E-state index in [0.717, 1.165) is 12.1 Å². The fourth-order valence-electron chi connectivity index (χ4n) is 1.33. The molecule has 0 aromatic heterocycles. The summed E-state index contributed by atoms with van der Waals surface area (Å²) in [7, 11) is 1.56. The van der Waals surface area contributed by atoms with Crippen LogP contribution >= 0.6 is 11.6 Å². The fraction of sp³-hybridized carbons (Fsp3) is 0.455. The van der Waals surface area contributed by atoms with E-state index < -0.39 is 10.7 Å². The zero-order valence-corrected chi connectivity index (χ0v) is 11.1. The molecule has 0 fully saturated rings. The van der Waals surface area contributed by atoms with Crippen LogP contribution in [0.1, 0.15) is 0 Å². The van der Waals surface area contributed by atoms with Crippen LogP contribution in [0.15, 0.2) is 12.1 Å². The van der Waals surface area contributed by atoms with Gasteiger partial charge in [0.25, 0.3) is 5.69 Å². The van der Waals surface area contributed by atoms with Crippen molar-refractivity contribution in [1.29, 1.82) is 0 Å². The Balaban J connectivity index is 2.57. The van der Waals surface area contributed by atoms with Gasteiger partial charge in [0.15, 0.2) is 0 Å². The summed E-state index contributed by atoms with van der Waals surface area (Å²) < 4.78 is 23.2. The van der Waals surface area contributed by atoms with E-state index in [9.17, 15) is 14.5 Å². The molecule has 0 aliphatic carbocycles. The van der Waals surface area contributed by atoms with Crippen LogP contribution in [0.2, 0.25) is 5.02 Å². The molecular formula is C11H14ClFN2O4. The fourth-order valence-corrected chi connectivity index (χ4v) is 1.49. The van der Waals surface area contributed by atoms with Crippen molar-refractivity contribution < 1.29 is 18.8 Å².